The molecule has 0 radical (unpaired) electrons. The van der Waals surface area contributed by atoms with Gasteiger partial charge in [-0.15, -0.1) is 4.73 Å². The molecule has 0 unspecified atom stereocenters. The highest BCUT2D eigenvalue weighted by atomic mass is 17.7. The molecule has 1 aromatic rings. The summed E-state index contributed by atoms with van der Waals surface area (Å²) in [6.07, 6.45) is 3.04. The van der Waals surface area contributed by atoms with Gasteiger partial charge in [-0.25, -0.2) is 14.9 Å². The molecule has 0 N–H and O–H groups in total. The average molecular weight is 160 g/mol. The molecule has 0 amide bonds. The Morgan fingerprint density at radius 3 is 2.82 bits per heavy atom. The Balaban J connectivity index is 2.27. The predicted molar refractivity (Wildman–Crippen MR) is 32.7 cm³/mol. The van der Waals surface area contributed by atoms with Gasteiger partial charge in [0.15, 0.2) is 0 Å². The van der Waals surface area contributed by atoms with Crippen molar-refractivity contribution in [1.29, 1.82) is 0 Å². The first kappa shape index (κ1) is 7.99. The highest BCUT2D eigenvalue weighted by molar-refractivity contribution is 4.89. The molecule has 1 heterocycles. The molecule has 0 fully saturated rings. The highest BCUT2D eigenvalue weighted by Crippen LogP contribution is 1.90. The zero-order valence-electron chi connectivity index (χ0n) is 6.18. The number of hydrogen-bond donors (Lipinski definition) is 0. The molecule has 0 aliphatic heterocycles. The van der Waals surface area contributed by atoms with Crippen LogP contribution in [0.25, 0.3) is 0 Å². The van der Waals surface area contributed by atoms with Crippen LogP contribution in [0.15, 0.2) is 12.5 Å². The lowest BCUT2D eigenvalue weighted by Crippen LogP contribution is -2.10. The standard InChI is InChI=1S/C5H8N2O4/c1-5-3-7(4-6-5)9-11-10-8-2/h3-4H,1-2H3. The van der Waals surface area contributed by atoms with Crippen molar-refractivity contribution >= 4 is 0 Å². The third-order valence-corrected chi connectivity index (χ3v) is 0.902. The van der Waals surface area contributed by atoms with Crippen LogP contribution in [0.5, 0.6) is 0 Å². The van der Waals surface area contributed by atoms with Crippen molar-refractivity contribution in [3.8, 4) is 0 Å². The van der Waals surface area contributed by atoms with Crippen LogP contribution in [0.2, 0.25) is 0 Å². The van der Waals surface area contributed by atoms with Crippen molar-refractivity contribution in [3.63, 3.8) is 0 Å². The Labute approximate surface area is 63.0 Å². The average Bonchev–Trinajstić information content (AvgIpc) is 2.37. The molecular weight excluding hydrogens is 152 g/mol. The molecule has 1 aromatic heterocycles. The lowest BCUT2D eigenvalue weighted by atomic mass is 10.6. The molecule has 0 atom stereocenters. The summed E-state index contributed by atoms with van der Waals surface area (Å²) in [6, 6.07) is 0. The minimum absolute atomic E-state index is 0.811. The van der Waals surface area contributed by atoms with Crippen LogP contribution >= 0.6 is 0 Å². The number of hydrogen-bond acceptors (Lipinski definition) is 5. The molecule has 6 nitrogen and oxygen atoms in total. The van der Waals surface area contributed by atoms with Gasteiger partial charge in [0.25, 0.3) is 0 Å². The molecule has 11 heavy (non-hydrogen) atoms. The van der Waals surface area contributed by atoms with Gasteiger partial charge in [-0.3, -0.25) is 0 Å². The first-order valence-corrected chi connectivity index (χ1v) is 2.88. The van der Waals surface area contributed by atoms with Crippen molar-refractivity contribution in [2.24, 2.45) is 0 Å². The largest absolute Gasteiger partial charge is 0.238 e. The van der Waals surface area contributed by atoms with Crippen LogP contribution in [0, 0.1) is 6.92 Å². The first-order chi connectivity index (χ1) is 5.33. The normalized spacial score (nSPS) is 10.0. The third-order valence-electron chi connectivity index (χ3n) is 0.902. The molecule has 0 saturated heterocycles. The predicted octanol–water partition coefficient (Wildman–Crippen LogP) is 0.0447. The number of nitrogens with zero attached hydrogens (tertiary/aromatic N) is 2. The summed E-state index contributed by atoms with van der Waals surface area (Å²) in [5.41, 5.74) is 0.811. The molecular formula is C5H8N2O4. The van der Waals surface area contributed by atoms with Crippen LogP contribution in [0.4, 0.5) is 0 Å². The van der Waals surface area contributed by atoms with Crippen LogP contribution in [0.1, 0.15) is 5.69 Å². The zero-order chi connectivity index (χ0) is 8.10. The third kappa shape index (κ3) is 2.54. The monoisotopic (exact) mass is 160 g/mol. The summed E-state index contributed by atoms with van der Waals surface area (Å²) >= 11 is 0. The van der Waals surface area contributed by atoms with Gasteiger partial charge in [-0.1, -0.05) is 0 Å². The summed E-state index contributed by atoms with van der Waals surface area (Å²) in [5, 5.41) is 8.06. The van der Waals surface area contributed by atoms with E-state index in [2.05, 4.69) is 24.9 Å². The van der Waals surface area contributed by atoms with Gasteiger partial charge in [0.1, 0.15) is 6.33 Å². The van der Waals surface area contributed by atoms with E-state index in [9.17, 15) is 0 Å². The molecule has 0 aliphatic carbocycles. The molecule has 0 aromatic carbocycles. The van der Waals surface area contributed by atoms with Crippen LogP contribution in [-0.2, 0) is 15.0 Å². The first-order valence-electron chi connectivity index (χ1n) is 2.88. The van der Waals surface area contributed by atoms with Crippen molar-refractivity contribution in [2.75, 3.05) is 7.11 Å². The lowest BCUT2D eigenvalue weighted by Gasteiger charge is -1.98. The Morgan fingerprint density at radius 2 is 2.27 bits per heavy atom. The second-order valence-electron chi connectivity index (χ2n) is 1.75. The van der Waals surface area contributed by atoms with Crippen molar-refractivity contribution in [3.05, 3.63) is 18.2 Å². The van der Waals surface area contributed by atoms with E-state index in [0.29, 0.717) is 0 Å². The quantitative estimate of drug-likeness (QED) is 0.353. The molecule has 0 aliphatic rings. The van der Waals surface area contributed by atoms with Crippen LogP contribution < -0.4 is 4.99 Å². The Kier molecular flexibility index (Phi) is 2.84. The molecule has 0 spiro atoms. The fourth-order valence-electron chi connectivity index (χ4n) is 0.515. The topological polar surface area (TPSA) is 54.7 Å². The SMILES string of the molecule is COOOOn1cnc(C)c1. The van der Waals surface area contributed by atoms with E-state index in [1.165, 1.54) is 18.2 Å². The zero-order valence-corrected chi connectivity index (χ0v) is 6.18. The summed E-state index contributed by atoms with van der Waals surface area (Å²) in [6.45, 7) is 1.82. The Bertz CT molecular complexity index is 212. The molecule has 6 heteroatoms. The van der Waals surface area contributed by atoms with Gasteiger partial charge in [0.2, 0.25) is 0 Å². The van der Waals surface area contributed by atoms with E-state index in [0.717, 1.165) is 5.69 Å². The second-order valence-corrected chi connectivity index (χ2v) is 1.75. The van der Waals surface area contributed by atoms with E-state index in [1.54, 1.807) is 6.20 Å². The van der Waals surface area contributed by atoms with Gasteiger partial charge in [0.05, 0.1) is 19.0 Å². The van der Waals surface area contributed by atoms with E-state index < -0.39 is 0 Å². The number of aromatic nitrogens is 2. The van der Waals surface area contributed by atoms with Gasteiger partial charge in [-0.2, -0.15) is 0 Å². The molecule has 0 bridgehead atoms. The van der Waals surface area contributed by atoms with E-state index in [-0.39, 0.29) is 0 Å². The lowest BCUT2D eigenvalue weighted by molar-refractivity contribution is -0.624. The smallest absolute Gasteiger partial charge is 0.136 e. The number of aryl methyl sites for hydroxylation is 1. The number of rotatable bonds is 4. The molecule has 1 rings (SSSR count). The summed E-state index contributed by atoms with van der Waals surface area (Å²) in [7, 11) is 1.29. The van der Waals surface area contributed by atoms with E-state index in [1.807, 2.05) is 6.92 Å². The maximum Gasteiger partial charge on any atom is 0.136 e. The van der Waals surface area contributed by atoms with Crippen molar-refractivity contribution in [1.82, 2.24) is 9.71 Å². The highest BCUT2D eigenvalue weighted by Gasteiger charge is 1.93. The van der Waals surface area contributed by atoms with Gasteiger partial charge < -0.3 is 0 Å². The molecule has 0 saturated carbocycles. The summed E-state index contributed by atoms with van der Waals surface area (Å²) < 4.78 is 1.23. The maximum absolute atomic E-state index is 4.47. The van der Waals surface area contributed by atoms with Gasteiger partial charge >= 0.3 is 0 Å². The fourth-order valence-corrected chi connectivity index (χ4v) is 0.515. The fraction of sp³-hybridized carbons (Fsp3) is 0.400. The Hall–Kier alpha value is -1.11. The van der Waals surface area contributed by atoms with Crippen molar-refractivity contribution in [2.45, 2.75) is 6.92 Å². The van der Waals surface area contributed by atoms with Crippen LogP contribution in [-0.4, -0.2) is 16.8 Å². The van der Waals surface area contributed by atoms with Gasteiger partial charge in [0, 0.05) is 5.04 Å². The molecule has 62 valence electrons. The second kappa shape index (κ2) is 3.91. The van der Waals surface area contributed by atoms with E-state index >= 15 is 0 Å². The Morgan fingerprint density at radius 1 is 1.45 bits per heavy atom. The van der Waals surface area contributed by atoms with Gasteiger partial charge in [-0.05, 0) is 12.0 Å². The maximum atomic E-state index is 4.47. The minimum atomic E-state index is 0.811. The minimum Gasteiger partial charge on any atom is -0.238 e. The van der Waals surface area contributed by atoms with Crippen molar-refractivity contribution < 1.29 is 20.0 Å². The number of imidazole rings is 1. The van der Waals surface area contributed by atoms with Crippen LogP contribution in [0.3, 0.4) is 0 Å². The summed E-state index contributed by atoms with van der Waals surface area (Å²) in [4.78, 5) is 12.4. The summed E-state index contributed by atoms with van der Waals surface area (Å²) in [5.74, 6) is 0. The van der Waals surface area contributed by atoms with E-state index in [4.69, 9.17) is 0 Å².